The summed E-state index contributed by atoms with van der Waals surface area (Å²) in [4.78, 5) is 29.1. The van der Waals surface area contributed by atoms with E-state index in [0.717, 1.165) is 23.5 Å². The lowest BCUT2D eigenvalue weighted by Crippen LogP contribution is -2.26. The maximum Gasteiger partial charge on any atom is 0.384 e. The summed E-state index contributed by atoms with van der Waals surface area (Å²) in [5, 5.41) is 2.26. The van der Waals surface area contributed by atoms with Gasteiger partial charge >= 0.3 is 5.97 Å². The predicted molar refractivity (Wildman–Crippen MR) is 131 cm³/mol. The summed E-state index contributed by atoms with van der Waals surface area (Å²) in [5.41, 5.74) is 0.231. The maximum atomic E-state index is 14.3. The minimum Gasteiger partial charge on any atom is -0.473 e. The number of carbonyl (C=O) groups excluding carboxylic acids is 2. The Morgan fingerprint density at radius 1 is 1.19 bits per heavy atom. The molecule has 1 unspecified atom stereocenters. The van der Waals surface area contributed by atoms with Gasteiger partial charge in [0.2, 0.25) is 6.10 Å². The molecule has 0 radical (unpaired) electrons. The number of hydrogen-bond acceptors (Lipinski definition) is 8. The highest BCUT2D eigenvalue weighted by Gasteiger charge is 2.37. The molecule has 1 amide bonds. The molecule has 0 spiro atoms. The molecule has 2 aromatic carbocycles. The van der Waals surface area contributed by atoms with Crippen molar-refractivity contribution in [3.63, 3.8) is 0 Å². The third-order valence-corrected chi connectivity index (χ3v) is 8.26. The Bertz CT molecular complexity index is 1490. The number of hydrogen-bond donors (Lipinski definition) is 1. The Hall–Kier alpha value is -3.82. The predicted octanol–water partition coefficient (Wildman–Crippen LogP) is 4.03. The van der Waals surface area contributed by atoms with Crippen LogP contribution < -0.4 is 10.1 Å². The van der Waals surface area contributed by atoms with Crippen LogP contribution in [0.4, 0.5) is 13.9 Å². The van der Waals surface area contributed by atoms with Crippen molar-refractivity contribution in [2.24, 2.45) is 0 Å². The van der Waals surface area contributed by atoms with Gasteiger partial charge in [0.05, 0.1) is 27.8 Å². The summed E-state index contributed by atoms with van der Waals surface area (Å²) in [6.07, 6.45) is 1.11. The second-order valence-corrected chi connectivity index (χ2v) is 11.1. The van der Waals surface area contributed by atoms with Crippen LogP contribution in [0.2, 0.25) is 0 Å². The lowest BCUT2D eigenvalue weighted by Gasteiger charge is -2.19. The molecule has 0 saturated heterocycles. The van der Waals surface area contributed by atoms with Crippen molar-refractivity contribution in [3.05, 3.63) is 70.7 Å². The van der Waals surface area contributed by atoms with E-state index in [9.17, 15) is 26.8 Å². The number of nitrogens with zero attached hydrogens (tertiary/aromatic N) is 1. The molecule has 1 heterocycles. The van der Waals surface area contributed by atoms with Crippen LogP contribution in [0.15, 0.2) is 53.6 Å². The van der Waals surface area contributed by atoms with Gasteiger partial charge in [-0.25, -0.2) is 27.0 Å². The fourth-order valence-corrected chi connectivity index (χ4v) is 5.54. The highest BCUT2D eigenvalue weighted by Crippen LogP contribution is 2.34. The normalized spacial score (nSPS) is 13.7. The van der Waals surface area contributed by atoms with Crippen LogP contribution in [-0.4, -0.2) is 37.1 Å². The van der Waals surface area contributed by atoms with E-state index < -0.39 is 44.7 Å². The first kappa shape index (κ1) is 26.2. The second kappa shape index (κ2) is 11.1. The standard InChI is InChI=1S/C25H20F2N2O6S2/c1-2-34-22(30)12-6-17-14-28-25(36-17)29-24(31)23(35-21-11-5-16(26)13-20(21)27)15-3-7-18(8-4-15)37(32,33)19-9-10-19/h3-5,7-8,11,13-14,19,23H,2,9-10H2,1H3,(H,28,29,31). The Morgan fingerprint density at radius 3 is 2.57 bits per heavy atom. The third kappa shape index (κ3) is 6.49. The maximum absolute atomic E-state index is 14.3. The molecule has 0 bridgehead atoms. The molecular formula is C25H20F2N2O6S2. The van der Waals surface area contributed by atoms with Crippen LogP contribution in [0.1, 0.15) is 36.3 Å². The molecule has 12 heteroatoms. The van der Waals surface area contributed by atoms with Gasteiger partial charge in [-0.15, -0.1) is 0 Å². The number of halogens is 2. The molecule has 8 nitrogen and oxygen atoms in total. The molecule has 4 rings (SSSR count). The van der Waals surface area contributed by atoms with E-state index in [0.29, 0.717) is 23.8 Å². The number of amides is 1. The first-order valence-corrected chi connectivity index (χ1v) is 13.4. The number of ether oxygens (including phenoxy) is 2. The Labute approximate surface area is 215 Å². The topological polar surface area (TPSA) is 112 Å². The molecule has 1 saturated carbocycles. The summed E-state index contributed by atoms with van der Waals surface area (Å²) in [6, 6.07) is 8.17. The molecule has 192 valence electrons. The van der Waals surface area contributed by atoms with Gasteiger partial charge in [0.25, 0.3) is 5.91 Å². The molecule has 3 aromatic rings. The van der Waals surface area contributed by atoms with Crippen LogP contribution in [0.3, 0.4) is 0 Å². The van der Waals surface area contributed by atoms with Gasteiger partial charge in [0, 0.05) is 17.6 Å². The van der Waals surface area contributed by atoms with E-state index in [-0.39, 0.29) is 27.9 Å². The van der Waals surface area contributed by atoms with E-state index in [1.54, 1.807) is 6.92 Å². The van der Waals surface area contributed by atoms with Crippen LogP contribution in [0.25, 0.3) is 0 Å². The van der Waals surface area contributed by atoms with Crippen molar-refractivity contribution >= 4 is 38.2 Å². The summed E-state index contributed by atoms with van der Waals surface area (Å²) in [5.74, 6) is 1.20. The van der Waals surface area contributed by atoms with Crippen molar-refractivity contribution in [1.29, 1.82) is 0 Å². The van der Waals surface area contributed by atoms with Crippen LogP contribution in [0.5, 0.6) is 5.75 Å². The Kier molecular flexibility index (Phi) is 7.85. The first-order chi connectivity index (χ1) is 17.7. The zero-order valence-corrected chi connectivity index (χ0v) is 21.0. The molecular weight excluding hydrogens is 526 g/mol. The molecule has 1 fully saturated rings. The highest BCUT2D eigenvalue weighted by atomic mass is 32.2. The van der Waals surface area contributed by atoms with E-state index >= 15 is 0 Å². The van der Waals surface area contributed by atoms with Gasteiger partial charge in [0.1, 0.15) is 5.82 Å². The molecule has 1 aromatic heterocycles. The van der Waals surface area contributed by atoms with Crippen LogP contribution in [-0.2, 0) is 24.2 Å². The van der Waals surface area contributed by atoms with Crippen molar-refractivity contribution in [1.82, 2.24) is 4.98 Å². The summed E-state index contributed by atoms with van der Waals surface area (Å²) in [6.45, 7) is 1.83. The van der Waals surface area contributed by atoms with Gasteiger partial charge in [0.15, 0.2) is 26.5 Å². The van der Waals surface area contributed by atoms with E-state index in [2.05, 4.69) is 22.1 Å². The minimum absolute atomic E-state index is 0.107. The van der Waals surface area contributed by atoms with Gasteiger partial charge in [-0.05, 0) is 50.0 Å². The van der Waals surface area contributed by atoms with Gasteiger partial charge in [-0.2, -0.15) is 0 Å². The average molecular weight is 547 g/mol. The van der Waals surface area contributed by atoms with Crippen LogP contribution in [0, 0.1) is 23.5 Å². The monoisotopic (exact) mass is 546 g/mol. The molecule has 1 N–H and O–H groups in total. The number of sulfone groups is 1. The van der Waals surface area contributed by atoms with Crippen molar-refractivity contribution < 1.29 is 36.3 Å². The second-order valence-electron chi connectivity index (χ2n) is 7.88. The van der Waals surface area contributed by atoms with Gasteiger partial charge in [-0.1, -0.05) is 23.5 Å². The lowest BCUT2D eigenvalue weighted by molar-refractivity contribution is -0.136. The van der Waals surface area contributed by atoms with E-state index in [1.807, 2.05) is 0 Å². The molecule has 1 aliphatic carbocycles. The zero-order chi connectivity index (χ0) is 26.6. The van der Waals surface area contributed by atoms with E-state index in [4.69, 9.17) is 9.47 Å². The number of anilines is 1. The number of aromatic nitrogens is 1. The van der Waals surface area contributed by atoms with Crippen molar-refractivity contribution in [2.75, 3.05) is 11.9 Å². The van der Waals surface area contributed by atoms with Gasteiger partial charge in [-0.3, -0.25) is 10.1 Å². The molecule has 37 heavy (non-hydrogen) atoms. The smallest absolute Gasteiger partial charge is 0.384 e. The largest absolute Gasteiger partial charge is 0.473 e. The summed E-state index contributed by atoms with van der Waals surface area (Å²) < 4.78 is 63.0. The molecule has 0 aliphatic heterocycles. The van der Waals surface area contributed by atoms with E-state index in [1.165, 1.54) is 30.5 Å². The quantitative estimate of drug-likeness (QED) is 0.335. The average Bonchev–Trinajstić information content (AvgIpc) is 3.64. The number of thiazole rings is 1. The van der Waals surface area contributed by atoms with Crippen molar-refractivity contribution in [3.8, 4) is 17.6 Å². The number of rotatable bonds is 8. The summed E-state index contributed by atoms with van der Waals surface area (Å²) >= 11 is 0.978. The fraction of sp³-hybridized carbons (Fsp3) is 0.240. The van der Waals surface area contributed by atoms with Gasteiger partial charge < -0.3 is 9.47 Å². The highest BCUT2D eigenvalue weighted by molar-refractivity contribution is 7.92. The number of esters is 1. The summed E-state index contributed by atoms with van der Waals surface area (Å²) in [7, 11) is -3.46. The SMILES string of the molecule is CCOC(=O)C#Cc1cnc(NC(=O)C(Oc2ccc(F)cc2F)c2ccc(S(=O)(=O)C3CC3)cc2)s1. The number of carbonyl (C=O) groups is 2. The Balaban J connectivity index is 1.58. The molecule has 1 aliphatic rings. The molecule has 1 atom stereocenters. The zero-order valence-electron chi connectivity index (χ0n) is 19.4. The minimum atomic E-state index is -3.46. The fourth-order valence-electron chi connectivity index (χ4n) is 3.21. The van der Waals surface area contributed by atoms with Crippen LogP contribution >= 0.6 is 11.3 Å². The first-order valence-electron chi connectivity index (χ1n) is 11.1. The number of benzene rings is 2. The lowest BCUT2D eigenvalue weighted by atomic mass is 10.1. The number of nitrogens with one attached hydrogen (secondary N) is 1. The third-order valence-electron chi connectivity index (χ3n) is 5.15. The Morgan fingerprint density at radius 2 is 1.92 bits per heavy atom. The van der Waals surface area contributed by atoms with Crippen molar-refractivity contribution in [2.45, 2.75) is 36.0 Å².